The van der Waals surface area contributed by atoms with Crippen molar-refractivity contribution < 1.29 is 14.0 Å². The number of carbonyl (C=O) groups excluding carboxylic acids is 2. The zero-order valence-electron chi connectivity index (χ0n) is 24.4. The molecule has 0 atom stereocenters. The van der Waals surface area contributed by atoms with Gasteiger partial charge in [0.05, 0.1) is 6.26 Å². The molecule has 8 heteroatoms. The van der Waals surface area contributed by atoms with E-state index in [1.807, 2.05) is 41.8 Å². The number of piperidine rings is 1. The number of amides is 3. The molecule has 3 amide bonds. The van der Waals surface area contributed by atoms with Crippen molar-refractivity contribution in [1.82, 2.24) is 15.2 Å². The van der Waals surface area contributed by atoms with Crippen LogP contribution in [-0.2, 0) is 6.42 Å². The van der Waals surface area contributed by atoms with Crippen molar-refractivity contribution in [3.8, 4) is 0 Å². The van der Waals surface area contributed by atoms with Crippen LogP contribution in [0.5, 0.6) is 0 Å². The molecular formula is C33H43N5O3. The van der Waals surface area contributed by atoms with Gasteiger partial charge in [0, 0.05) is 50.1 Å². The molecule has 0 radical (unpaired) electrons. The van der Waals surface area contributed by atoms with Crippen molar-refractivity contribution >= 4 is 23.4 Å². The van der Waals surface area contributed by atoms with Crippen molar-refractivity contribution in [3.63, 3.8) is 0 Å². The fourth-order valence-corrected chi connectivity index (χ4v) is 6.17. The SMILES string of the molecule is CCN(C(=O)NC1CCCCC1)c1ccccc1CCN1CCC(N(C(=O)c2ccco2)c2ccc(C)cn2)CC1. The average Bonchev–Trinajstić information content (AvgIpc) is 3.55. The van der Waals surface area contributed by atoms with E-state index in [2.05, 4.69) is 33.4 Å². The molecule has 5 rings (SSSR count). The highest BCUT2D eigenvalue weighted by Gasteiger charge is 2.32. The Kier molecular flexibility index (Phi) is 9.72. The first-order valence-electron chi connectivity index (χ1n) is 15.2. The van der Waals surface area contributed by atoms with Crippen LogP contribution >= 0.6 is 0 Å². The molecule has 2 aliphatic rings. The molecule has 0 unspecified atom stereocenters. The van der Waals surface area contributed by atoms with Gasteiger partial charge in [-0.15, -0.1) is 0 Å². The maximum absolute atomic E-state index is 13.4. The summed E-state index contributed by atoms with van der Waals surface area (Å²) in [6, 6.07) is 16.0. The Balaban J connectivity index is 1.21. The molecule has 1 aromatic carbocycles. The summed E-state index contributed by atoms with van der Waals surface area (Å²) in [4.78, 5) is 37.4. The van der Waals surface area contributed by atoms with Crippen LogP contribution in [0.2, 0.25) is 0 Å². The fraction of sp³-hybridized carbons (Fsp3) is 0.485. The number of benzene rings is 1. The maximum Gasteiger partial charge on any atom is 0.322 e. The van der Waals surface area contributed by atoms with E-state index >= 15 is 0 Å². The standard InChI is InChI=1S/C33H43N5O3/c1-3-37(33(40)35-27-11-5-4-6-12-27)29-13-8-7-10-26(29)17-20-36-21-18-28(19-22-36)38(31-16-15-25(2)24-34-31)32(39)30-14-9-23-41-30/h7-10,13-16,23-24,27-28H,3-6,11-12,17-22H2,1-2H3,(H,35,40). The summed E-state index contributed by atoms with van der Waals surface area (Å²) in [6.45, 7) is 7.35. The van der Waals surface area contributed by atoms with Gasteiger partial charge in [0.1, 0.15) is 5.82 Å². The van der Waals surface area contributed by atoms with E-state index in [9.17, 15) is 9.59 Å². The minimum Gasteiger partial charge on any atom is -0.459 e. The number of furan rings is 1. The van der Waals surface area contributed by atoms with Gasteiger partial charge in [0.25, 0.3) is 5.91 Å². The summed E-state index contributed by atoms with van der Waals surface area (Å²) >= 11 is 0. The van der Waals surface area contributed by atoms with E-state index in [1.165, 1.54) is 31.1 Å². The molecule has 0 spiro atoms. The average molecular weight is 558 g/mol. The molecule has 1 N–H and O–H groups in total. The predicted molar refractivity (Wildman–Crippen MR) is 163 cm³/mol. The Labute approximate surface area is 243 Å². The number of aryl methyl sites for hydroxylation is 1. The van der Waals surface area contributed by atoms with Gasteiger partial charge in [-0.3, -0.25) is 14.6 Å². The van der Waals surface area contributed by atoms with E-state index in [-0.39, 0.29) is 24.0 Å². The van der Waals surface area contributed by atoms with Gasteiger partial charge in [0.15, 0.2) is 5.76 Å². The topological polar surface area (TPSA) is 81.9 Å². The van der Waals surface area contributed by atoms with Crippen LogP contribution in [0.4, 0.5) is 16.3 Å². The quantitative estimate of drug-likeness (QED) is 0.339. The van der Waals surface area contributed by atoms with Gasteiger partial charge in [-0.05, 0) is 81.3 Å². The summed E-state index contributed by atoms with van der Waals surface area (Å²) < 4.78 is 5.46. The summed E-state index contributed by atoms with van der Waals surface area (Å²) in [5, 5.41) is 3.28. The summed E-state index contributed by atoms with van der Waals surface area (Å²) in [5.74, 6) is 0.847. The normalized spacial score (nSPS) is 16.8. The molecule has 8 nitrogen and oxygen atoms in total. The lowest BCUT2D eigenvalue weighted by Crippen LogP contribution is -2.48. The molecule has 2 fully saturated rings. The number of urea groups is 1. The Morgan fingerprint density at radius 2 is 1.78 bits per heavy atom. The third kappa shape index (κ3) is 7.17. The maximum atomic E-state index is 13.4. The van der Waals surface area contributed by atoms with Crippen LogP contribution in [0.3, 0.4) is 0 Å². The van der Waals surface area contributed by atoms with Crippen LogP contribution in [-0.4, -0.2) is 60.1 Å². The van der Waals surface area contributed by atoms with Crippen LogP contribution in [0, 0.1) is 6.92 Å². The second-order valence-electron chi connectivity index (χ2n) is 11.3. The van der Waals surface area contributed by atoms with Gasteiger partial charge in [-0.25, -0.2) is 9.78 Å². The third-order valence-corrected chi connectivity index (χ3v) is 8.49. The lowest BCUT2D eigenvalue weighted by atomic mass is 9.96. The van der Waals surface area contributed by atoms with Crippen LogP contribution in [0.1, 0.15) is 73.6 Å². The largest absolute Gasteiger partial charge is 0.459 e. The molecule has 3 aromatic rings. The van der Waals surface area contributed by atoms with Crippen LogP contribution in [0.25, 0.3) is 0 Å². The van der Waals surface area contributed by atoms with Crippen molar-refractivity contribution in [1.29, 1.82) is 0 Å². The van der Waals surface area contributed by atoms with Gasteiger partial charge < -0.3 is 14.6 Å². The fourth-order valence-electron chi connectivity index (χ4n) is 6.17. The second-order valence-corrected chi connectivity index (χ2v) is 11.3. The van der Waals surface area contributed by atoms with E-state index in [1.54, 1.807) is 18.3 Å². The van der Waals surface area contributed by atoms with E-state index < -0.39 is 0 Å². The number of anilines is 2. The lowest BCUT2D eigenvalue weighted by molar-refractivity contribution is 0.0932. The second kappa shape index (κ2) is 13.8. The minimum atomic E-state index is -0.148. The number of nitrogens with one attached hydrogen (secondary N) is 1. The highest BCUT2D eigenvalue weighted by molar-refractivity contribution is 6.04. The Hall–Kier alpha value is -3.65. The molecule has 1 aliphatic heterocycles. The highest BCUT2D eigenvalue weighted by atomic mass is 16.3. The van der Waals surface area contributed by atoms with Crippen molar-refractivity contribution in [3.05, 3.63) is 77.9 Å². The smallest absolute Gasteiger partial charge is 0.322 e. The molecule has 1 saturated carbocycles. The van der Waals surface area contributed by atoms with E-state index in [0.29, 0.717) is 18.1 Å². The van der Waals surface area contributed by atoms with Gasteiger partial charge in [-0.2, -0.15) is 0 Å². The van der Waals surface area contributed by atoms with Crippen LogP contribution in [0.15, 0.2) is 65.4 Å². The molecule has 2 aromatic heterocycles. The molecule has 0 bridgehead atoms. The predicted octanol–water partition coefficient (Wildman–Crippen LogP) is 6.21. The molecular weight excluding hydrogens is 514 g/mol. The van der Waals surface area contributed by atoms with Crippen molar-refractivity contribution in [2.24, 2.45) is 0 Å². The third-order valence-electron chi connectivity index (χ3n) is 8.49. The number of pyridine rings is 1. The number of hydrogen-bond donors (Lipinski definition) is 1. The number of hydrogen-bond acceptors (Lipinski definition) is 5. The first-order chi connectivity index (χ1) is 20.0. The zero-order chi connectivity index (χ0) is 28.6. The summed E-state index contributed by atoms with van der Waals surface area (Å²) in [6.07, 6.45) is 11.7. The monoisotopic (exact) mass is 557 g/mol. The number of nitrogens with zero attached hydrogens (tertiary/aromatic N) is 4. The lowest BCUT2D eigenvalue weighted by Gasteiger charge is -2.38. The first kappa shape index (κ1) is 28.9. The van der Waals surface area contributed by atoms with Gasteiger partial charge in [-0.1, -0.05) is 43.5 Å². The van der Waals surface area contributed by atoms with Crippen molar-refractivity contribution in [2.75, 3.05) is 36.0 Å². The molecule has 1 saturated heterocycles. The Morgan fingerprint density at radius 1 is 1.00 bits per heavy atom. The number of aromatic nitrogens is 1. The van der Waals surface area contributed by atoms with Crippen molar-refractivity contribution in [2.45, 2.75) is 77.3 Å². The number of carbonyl (C=O) groups is 2. The molecule has 3 heterocycles. The van der Waals surface area contributed by atoms with Gasteiger partial charge in [0.2, 0.25) is 0 Å². The molecule has 1 aliphatic carbocycles. The van der Waals surface area contributed by atoms with E-state index in [4.69, 9.17) is 4.42 Å². The number of rotatable bonds is 9. The van der Waals surface area contributed by atoms with E-state index in [0.717, 1.165) is 63.0 Å². The Bertz CT molecular complexity index is 1260. The minimum absolute atomic E-state index is 0.0127. The number of likely N-dealkylation sites (tertiary alicyclic amines) is 1. The number of para-hydroxylation sites is 1. The highest BCUT2D eigenvalue weighted by Crippen LogP contribution is 2.27. The molecule has 41 heavy (non-hydrogen) atoms. The van der Waals surface area contributed by atoms with Crippen LogP contribution < -0.4 is 15.1 Å². The van der Waals surface area contributed by atoms with Gasteiger partial charge >= 0.3 is 6.03 Å². The zero-order valence-corrected chi connectivity index (χ0v) is 24.4. The first-order valence-corrected chi connectivity index (χ1v) is 15.2. The summed E-state index contributed by atoms with van der Waals surface area (Å²) in [5.41, 5.74) is 3.25. The summed E-state index contributed by atoms with van der Waals surface area (Å²) in [7, 11) is 0. The Morgan fingerprint density at radius 3 is 2.46 bits per heavy atom. The molecule has 218 valence electrons.